The molecule has 2 rings (SSSR count). The molecule has 27 heavy (non-hydrogen) atoms. The molecule has 1 aromatic carbocycles. The lowest BCUT2D eigenvalue weighted by molar-refractivity contribution is -0.121. The zero-order chi connectivity index (χ0) is 19.6. The van der Waals surface area contributed by atoms with Crippen LogP contribution in [0, 0.1) is 5.92 Å². The second-order valence-electron chi connectivity index (χ2n) is 7.09. The third kappa shape index (κ3) is 6.84. The number of piperazine rings is 1. The standard InChI is InChI=1S/C20H32N4O3/c1-3-16(2)18(19(21)25)22-9-10-23-11-13-24(14-12-23)20(26)27-15-17-7-5-4-6-8-17/h4-8,16,18,22H,3,9-15H2,1-2H3,(H2,21,25)/t16?,18-/m0/s1. The fraction of sp³-hybridized carbons (Fsp3) is 0.600. The minimum absolute atomic E-state index is 0.221. The van der Waals surface area contributed by atoms with Crippen LogP contribution in [0.3, 0.4) is 0 Å². The van der Waals surface area contributed by atoms with Crippen LogP contribution < -0.4 is 11.1 Å². The second-order valence-corrected chi connectivity index (χ2v) is 7.09. The van der Waals surface area contributed by atoms with E-state index in [1.807, 2.05) is 37.3 Å². The minimum Gasteiger partial charge on any atom is -0.445 e. The molecule has 1 saturated heterocycles. The lowest BCUT2D eigenvalue weighted by atomic mass is 9.99. The number of benzene rings is 1. The van der Waals surface area contributed by atoms with Crippen molar-refractivity contribution in [1.82, 2.24) is 15.1 Å². The van der Waals surface area contributed by atoms with Crippen LogP contribution in [0.5, 0.6) is 0 Å². The molecule has 1 unspecified atom stereocenters. The van der Waals surface area contributed by atoms with Crippen molar-refractivity contribution in [3.05, 3.63) is 35.9 Å². The molecule has 0 radical (unpaired) electrons. The highest BCUT2D eigenvalue weighted by molar-refractivity contribution is 5.80. The third-order valence-corrected chi connectivity index (χ3v) is 5.15. The van der Waals surface area contributed by atoms with Gasteiger partial charge in [-0.3, -0.25) is 9.69 Å². The average Bonchev–Trinajstić information content (AvgIpc) is 2.70. The number of nitrogens with two attached hydrogens (primary N) is 1. The van der Waals surface area contributed by atoms with E-state index in [1.165, 1.54) is 0 Å². The van der Waals surface area contributed by atoms with Crippen LogP contribution in [-0.4, -0.2) is 67.1 Å². The van der Waals surface area contributed by atoms with Crippen LogP contribution in [0.4, 0.5) is 4.79 Å². The monoisotopic (exact) mass is 376 g/mol. The first-order chi connectivity index (χ1) is 13.0. The summed E-state index contributed by atoms with van der Waals surface area (Å²) in [7, 11) is 0. The Morgan fingerprint density at radius 2 is 1.85 bits per heavy atom. The zero-order valence-electron chi connectivity index (χ0n) is 16.4. The van der Waals surface area contributed by atoms with Crippen molar-refractivity contribution in [3.8, 4) is 0 Å². The van der Waals surface area contributed by atoms with Crippen LogP contribution >= 0.6 is 0 Å². The van der Waals surface area contributed by atoms with Crippen molar-refractivity contribution in [2.75, 3.05) is 39.3 Å². The highest BCUT2D eigenvalue weighted by atomic mass is 16.6. The Morgan fingerprint density at radius 3 is 2.44 bits per heavy atom. The van der Waals surface area contributed by atoms with E-state index in [9.17, 15) is 9.59 Å². The van der Waals surface area contributed by atoms with E-state index in [0.29, 0.717) is 26.2 Å². The third-order valence-electron chi connectivity index (χ3n) is 5.15. The highest BCUT2D eigenvalue weighted by Gasteiger charge is 2.24. The molecule has 7 heteroatoms. The van der Waals surface area contributed by atoms with Gasteiger partial charge in [0, 0.05) is 39.3 Å². The summed E-state index contributed by atoms with van der Waals surface area (Å²) in [6.07, 6.45) is 0.645. The van der Waals surface area contributed by atoms with Gasteiger partial charge in [0.25, 0.3) is 0 Å². The number of hydrogen-bond acceptors (Lipinski definition) is 5. The molecule has 0 saturated carbocycles. The van der Waals surface area contributed by atoms with Crippen LogP contribution in [-0.2, 0) is 16.1 Å². The van der Waals surface area contributed by atoms with Crippen LogP contribution in [0.1, 0.15) is 25.8 Å². The Balaban J connectivity index is 1.66. The predicted octanol–water partition coefficient (Wildman–Crippen LogP) is 1.43. The minimum atomic E-state index is -0.296. The van der Waals surface area contributed by atoms with E-state index in [1.54, 1.807) is 4.90 Å². The van der Waals surface area contributed by atoms with Crippen molar-refractivity contribution in [3.63, 3.8) is 0 Å². The Hall–Kier alpha value is -2.12. The number of nitrogens with one attached hydrogen (secondary N) is 1. The van der Waals surface area contributed by atoms with Gasteiger partial charge in [-0.25, -0.2) is 4.79 Å². The number of nitrogens with zero attached hydrogens (tertiary/aromatic N) is 2. The van der Waals surface area contributed by atoms with Crippen LogP contribution in [0.2, 0.25) is 0 Å². The number of hydrogen-bond donors (Lipinski definition) is 2. The van der Waals surface area contributed by atoms with Gasteiger partial charge in [0.05, 0.1) is 6.04 Å². The van der Waals surface area contributed by atoms with Crippen LogP contribution in [0.15, 0.2) is 30.3 Å². The van der Waals surface area contributed by atoms with Crippen molar-refractivity contribution < 1.29 is 14.3 Å². The molecule has 3 N–H and O–H groups in total. The van der Waals surface area contributed by atoms with Gasteiger partial charge in [-0.1, -0.05) is 50.6 Å². The molecule has 0 bridgehead atoms. The quantitative estimate of drug-likeness (QED) is 0.681. The Bertz CT molecular complexity index is 588. The summed E-state index contributed by atoms with van der Waals surface area (Å²) in [5.41, 5.74) is 6.47. The maximum Gasteiger partial charge on any atom is 0.410 e. The fourth-order valence-corrected chi connectivity index (χ4v) is 3.16. The summed E-state index contributed by atoms with van der Waals surface area (Å²) < 4.78 is 5.39. The SMILES string of the molecule is CCC(C)[C@H](NCCN1CCN(C(=O)OCc2ccccc2)CC1)C(N)=O. The molecule has 1 heterocycles. The molecular formula is C20H32N4O3. The smallest absolute Gasteiger partial charge is 0.410 e. The lowest BCUT2D eigenvalue weighted by Gasteiger charge is -2.34. The van der Waals surface area contributed by atoms with Gasteiger partial charge in [-0.15, -0.1) is 0 Å². The fourth-order valence-electron chi connectivity index (χ4n) is 3.16. The summed E-state index contributed by atoms with van der Waals surface area (Å²) in [6.45, 7) is 8.81. The summed E-state index contributed by atoms with van der Waals surface area (Å²) in [4.78, 5) is 27.8. The first kappa shape index (κ1) is 21.2. The molecule has 1 aliphatic rings. The summed E-state index contributed by atoms with van der Waals surface area (Å²) in [5, 5.41) is 3.27. The normalized spacial score (nSPS) is 17.3. The van der Waals surface area contributed by atoms with E-state index in [2.05, 4.69) is 17.1 Å². The first-order valence-corrected chi connectivity index (χ1v) is 9.72. The van der Waals surface area contributed by atoms with E-state index in [-0.39, 0.29) is 24.0 Å². The number of ether oxygens (including phenoxy) is 1. The molecule has 1 fully saturated rings. The van der Waals surface area contributed by atoms with Crippen molar-refractivity contribution >= 4 is 12.0 Å². The number of rotatable bonds is 9. The van der Waals surface area contributed by atoms with Crippen molar-refractivity contribution in [2.45, 2.75) is 32.9 Å². The van der Waals surface area contributed by atoms with Crippen LogP contribution in [0.25, 0.3) is 0 Å². The maximum absolute atomic E-state index is 12.2. The Kier molecular flexibility index (Phi) is 8.54. The van der Waals surface area contributed by atoms with Gasteiger partial charge in [0.15, 0.2) is 0 Å². The summed E-state index contributed by atoms with van der Waals surface area (Å²) in [5.74, 6) is -0.0749. The molecule has 0 aromatic heterocycles. The van der Waals surface area contributed by atoms with Gasteiger partial charge in [0.2, 0.25) is 5.91 Å². The predicted molar refractivity (Wildman–Crippen MR) is 105 cm³/mol. The summed E-state index contributed by atoms with van der Waals surface area (Å²) >= 11 is 0. The molecule has 7 nitrogen and oxygen atoms in total. The van der Waals surface area contributed by atoms with Gasteiger partial charge < -0.3 is 20.7 Å². The second kappa shape index (κ2) is 10.9. The summed E-state index contributed by atoms with van der Waals surface area (Å²) in [6, 6.07) is 9.39. The number of amides is 2. The van der Waals surface area contributed by atoms with Crippen molar-refractivity contribution in [2.24, 2.45) is 11.7 Å². The molecular weight excluding hydrogens is 344 g/mol. The van der Waals surface area contributed by atoms with Gasteiger partial charge in [0.1, 0.15) is 6.61 Å². The molecule has 0 spiro atoms. The molecule has 1 aliphatic heterocycles. The largest absolute Gasteiger partial charge is 0.445 e. The first-order valence-electron chi connectivity index (χ1n) is 9.72. The average molecular weight is 377 g/mol. The Morgan fingerprint density at radius 1 is 1.19 bits per heavy atom. The Labute approximate surface area is 161 Å². The molecule has 2 amide bonds. The van der Waals surface area contributed by atoms with E-state index < -0.39 is 0 Å². The van der Waals surface area contributed by atoms with Crippen molar-refractivity contribution in [1.29, 1.82) is 0 Å². The van der Waals surface area contributed by atoms with Gasteiger partial charge >= 0.3 is 6.09 Å². The topological polar surface area (TPSA) is 87.9 Å². The van der Waals surface area contributed by atoms with E-state index in [0.717, 1.165) is 31.6 Å². The van der Waals surface area contributed by atoms with Gasteiger partial charge in [-0.2, -0.15) is 0 Å². The maximum atomic E-state index is 12.2. The molecule has 0 aliphatic carbocycles. The van der Waals surface area contributed by atoms with Gasteiger partial charge in [-0.05, 0) is 11.5 Å². The number of primary amides is 1. The van der Waals surface area contributed by atoms with E-state index in [4.69, 9.17) is 10.5 Å². The molecule has 2 atom stereocenters. The highest BCUT2D eigenvalue weighted by Crippen LogP contribution is 2.08. The number of carbonyl (C=O) groups is 2. The molecule has 1 aromatic rings. The number of carbonyl (C=O) groups excluding carboxylic acids is 2. The molecule has 150 valence electrons. The zero-order valence-corrected chi connectivity index (χ0v) is 16.4. The lowest BCUT2D eigenvalue weighted by Crippen LogP contribution is -2.52. The van der Waals surface area contributed by atoms with E-state index >= 15 is 0 Å².